The van der Waals surface area contributed by atoms with Crippen molar-refractivity contribution >= 4 is 12.0 Å². The molecule has 1 saturated heterocycles. The van der Waals surface area contributed by atoms with Gasteiger partial charge in [0.25, 0.3) is 0 Å². The molecule has 1 atom stereocenters. The van der Waals surface area contributed by atoms with E-state index < -0.39 is 17.6 Å². The topological polar surface area (TPSA) is 80.5 Å². The molecule has 1 fully saturated rings. The van der Waals surface area contributed by atoms with Crippen molar-refractivity contribution in [3.8, 4) is 0 Å². The van der Waals surface area contributed by atoms with E-state index in [0.29, 0.717) is 25.3 Å². The molecule has 1 N–H and O–H groups in total. The SMILES string of the molecule is COC(=O)Cn1cnc(/C=C2/CN(C(c3ccccc3)(c3ccccc3)c3ccccc3)CCC2O)n1. The standard InChI is InChI=1S/C30H30N4O3/c1-37-29(36)21-34-22-31-28(32-34)19-23-20-33(18-17-27(23)35)30(24-11-5-2-6-12-24,25-13-7-3-8-14-25)26-15-9-4-10-16-26/h2-16,19,22,27,35H,17-18,20-21H2,1H3/b23-19-. The number of likely N-dealkylation sites (tertiary alicyclic amines) is 1. The fourth-order valence-corrected chi connectivity index (χ4v) is 5.20. The molecule has 1 aliphatic rings. The van der Waals surface area contributed by atoms with Crippen LogP contribution in [-0.2, 0) is 21.6 Å². The number of carbonyl (C=O) groups is 1. The van der Waals surface area contributed by atoms with E-state index in [1.807, 2.05) is 24.3 Å². The molecule has 1 unspecified atom stereocenters. The number of piperidine rings is 1. The minimum absolute atomic E-state index is 0.0134. The van der Waals surface area contributed by atoms with Gasteiger partial charge in [-0.3, -0.25) is 9.69 Å². The molecule has 1 aromatic heterocycles. The molecule has 0 amide bonds. The van der Waals surface area contributed by atoms with E-state index >= 15 is 0 Å². The molecular formula is C30H30N4O3. The summed E-state index contributed by atoms with van der Waals surface area (Å²) < 4.78 is 6.16. The number of benzene rings is 3. The Morgan fingerprint density at radius 3 is 2.03 bits per heavy atom. The highest BCUT2D eigenvalue weighted by Gasteiger charge is 2.44. The predicted octanol–water partition coefficient (Wildman–Crippen LogP) is 3.89. The number of ether oxygens (including phenoxy) is 1. The lowest BCUT2D eigenvalue weighted by Gasteiger charge is -2.48. The molecule has 5 rings (SSSR count). The number of aliphatic hydroxyl groups is 1. The average Bonchev–Trinajstić information content (AvgIpc) is 3.39. The summed E-state index contributed by atoms with van der Waals surface area (Å²) in [7, 11) is 1.34. The summed E-state index contributed by atoms with van der Waals surface area (Å²) >= 11 is 0. The second kappa shape index (κ2) is 10.9. The fourth-order valence-electron chi connectivity index (χ4n) is 5.20. The second-order valence-corrected chi connectivity index (χ2v) is 9.13. The molecular weight excluding hydrogens is 464 g/mol. The summed E-state index contributed by atoms with van der Waals surface area (Å²) in [4.78, 5) is 18.4. The molecule has 0 saturated carbocycles. The number of rotatable bonds is 7. The van der Waals surface area contributed by atoms with Gasteiger partial charge >= 0.3 is 5.97 Å². The minimum Gasteiger partial charge on any atom is -0.468 e. The first kappa shape index (κ1) is 24.6. The van der Waals surface area contributed by atoms with E-state index in [2.05, 4.69) is 87.8 Å². The Bertz CT molecular complexity index is 1260. The number of carbonyl (C=O) groups excluding carboxylic acids is 1. The van der Waals surface area contributed by atoms with E-state index in [9.17, 15) is 9.90 Å². The fraction of sp³-hybridized carbons (Fsp3) is 0.233. The van der Waals surface area contributed by atoms with Crippen LogP contribution in [0, 0.1) is 0 Å². The van der Waals surface area contributed by atoms with Gasteiger partial charge in [-0.1, -0.05) is 91.0 Å². The van der Waals surface area contributed by atoms with Crippen molar-refractivity contribution < 1.29 is 14.6 Å². The third-order valence-electron chi connectivity index (χ3n) is 6.91. The zero-order chi connectivity index (χ0) is 25.7. The average molecular weight is 495 g/mol. The van der Waals surface area contributed by atoms with Crippen molar-refractivity contribution in [2.45, 2.75) is 24.6 Å². The lowest BCUT2D eigenvalue weighted by atomic mass is 9.74. The maximum atomic E-state index is 11.6. The highest BCUT2D eigenvalue weighted by atomic mass is 16.5. The quantitative estimate of drug-likeness (QED) is 0.310. The zero-order valence-electron chi connectivity index (χ0n) is 20.8. The highest BCUT2D eigenvalue weighted by Crippen LogP contribution is 2.44. The van der Waals surface area contributed by atoms with Crippen LogP contribution in [-0.4, -0.2) is 57.0 Å². The van der Waals surface area contributed by atoms with Crippen molar-refractivity contribution in [2.75, 3.05) is 20.2 Å². The number of hydrogen-bond donors (Lipinski definition) is 1. The maximum Gasteiger partial charge on any atom is 0.327 e. The molecule has 7 nitrogen and oxygen atoms in total. The number of aliphatic hydroxyl groups excluding tert-OH is 1. The Morgan fingerprint density at radius 1 is 0.973 bits per heavy atom. The normalized spacial score (nSPS) is 17.6. The Balaban J connectivity index is 1.60. The van der Waals surface area contributed by atoms with Crippen LogP contribution in [0.3, 0.4) is 0 Å². The van der Waals surface area contributed by atoms with Crippen LogP contribution >= 0.6 is 0 Å². The molecule has 188 valence electrons. The second-order valence-electron chi connectivity index (χ2n) is 9.13. The number of nitrogens with zero attached hydrogens (tertiary/aromatic N) is 4. The molecule has 7 heteroatoms. The maximum absolute atomic E-state index is 11.6. The zero-order valence-corrected chi connectivity index (χ0v) is 20.8. The Kier molecular flexibility index (Phi) is 7.25. The van der Waals surface area contributed by atoms with Crippen molar-refractivity contribution in [1.82, 2.24) is 19.7 Å². The van der Waals surface area contributed by atoms with Gasteiger partial charge in [0.1, 0.15) is 12.9 Å². The van der Waals surface area contributed by atoms with Crippen molar-refractivity contribution in [3.05, 3.63) is 125 Å². The van der Waals surface area contributed by atoms with Gasteiger partial charge in [-0.05, 0) is 34.8 Å². The molecule has 1 aliphatic heterocycles. The van der Waals surface area contributed by atoms with Gasteiger partial charge in [-0.25, -0.2) is 9.67 Å². The number of hydrogen-bond acceptors (Lipinski definition) is 6. The summed E-state index contributed by atoms with van der Waals surface area (Å²) in [6.45, 7) is 1.20. The Morgan fingerprint density at radius 2 is 1.51 bits per heavy atom. The van der Waals surface area contributed by atoms with Crippen LogP contribution < -0.4 is 0 Å². The third kappa shape index (κ3) is 4.96. The van der Waals surface area contributed by atoms with Crippen LogP contribution in [0.4, 0.5) is 0 Å². The Labute approximate surface area is 216 Å². The van der Waals surface area contributed by atoms with Crippen LogP contribution in [0.15, 0.2) is 103 Å². The van der Waals surface area contributed by atoms with E-state index in [4.69, 9.17) is 4.74 Å². The van der Waals surface area contributed by atoms with Crippen LogP contribution in [0.2, 0.25) is 0 Å². The first-order valence-electron chi connectivity index (χ1n) is 12.4. The van der Waals surface area contributed by atoms with E-state index in [0.717, 1.165) is 22.3 Å². The molecule has 0 radical (unpaired) electrons. The third-order valence-corrected chi connectivity index (χ3v) is 6.91. The van der Waals surface area contributed by atoms with E-state index in [1.54, 1.807) is 0 Å². The number of methoxy groups -OCH3 is 1. The smallest absolute Gasteiger partial charge is 0.327 e. The minimum atomic E-state index is -0.608. The van der Waals surface area contributed by atoms with Gasteiger partial charge in [-0.15, -0.1) is 0 Å². The van der Waals surface area contributed by atoms with Crippen LogP contribution in [0.25, 0.3) is 6.08 Å². The van der Waals surface area contributed by atoms with Crippen molar-refractivity contribution in [1.29, 1.82) is 0 Å². The van der Waals surface area contributed by atoms with Gasteiger partial charge in [0.05, 0.1) is 18.8 Å². The molecule has 0 spiro atoms. The molecule has 0 aliphatic carbocycles. The van der Waals surface area contributed by atoms with Gasteiger partial charge < -0.3 is 9.84 Å². The van der Waals surface area contributed by atoms with Crippen LogP contribution in [0.5, 0.6) is 0 Å². The summed E-state index contributed by atoms with van der Waals surface area (Å²) in [5.74, 6) is 0.0517. The first-order valence-corrected chi connectivity index (χ1v) is 12.4. The van der Waals surface area contributed by atoms with Gasteiger partial charge in [-0.2, -0.15) is 5.10 Å². The molecule has 37 heavy (non-hydrogen) atoms. The van der Waals surface area contributed by atoms with E-state index in [-0.39, 0.29) is 6.54 Å². The van der Waals surface area contributed by atoms with Gasteiger partial charge in [0.15, 0.2) is 5.82 Å². The highest BCUT2D eigenvalue weighted by molar-refractivity contribution is 5.68. The first-order chi connectivity index (χ1) is 18.1. The van der Waals surface area contributed by atoms with Crippen molar-refractivity contribution in [3.63, 3.8) is 0 Å². The Hall–Kier alpha value is -4.07. The number of aromatic nitrogens is 3. The lowest BCUT2D eigenvalue weighted by Crippen LogP contribution is -2.52. The number of esters is 1. The predicted molar refractivity (Wildman–Crippen MR) is 141 cm³/mol. The summed E-state index contributed by atoms with van der Waals surface area (Å²) in [6, 6.07) is 31.6. The molecule has 3 aromatic carbocycles. The molecule has 0 bridgehead atoms. The molecule has 2 heterocycles. The van der Waals surface area contributed by atoms with Crippen LogP contribution in [0.1, 0.15) is 28.9 Å². The summed E-state index contributed by atoms with van der Waals surface area (Å²) in [5, 5.41) is 15.4. The van der Waals surface area contributed by atoms with E-state index in [1.165, 1.54) is 18.1 Å². The summed E-state index contributed by atoms with van der Waals surface area (Å²) in [5.41, 5.74) is 3.73. The van der Waals surface area contributed by atoms with Gasteiger partial charge in [0, 0.05) is 13.1 Å². The largest absolute Gasteiger partial charge is 0.468 e. The van der Waals surface area contributed by atoms with Gasteiger partial charge in [0.2, 0.25) is 0 Å². The van der Waals surface area contributed by atoms with Crippen molar-refractivity contribution in [2.24, 2.45) is 0 Å². The molecule has 4 aromatic rings. The monoisotopic (exact) mass is 494 g/mol. The lowest BCUT2D eigenvalue weighted by molar-refractivity contribution is -0.141. The summed E-state index contributed by atoms with van der Waals surface area (Å²) in [6.07, 6.45) is 3.29.